The monoisotopic (exact) mass is 495 g/mol. The Hall–Kier alpha value is -2.22. The Kier molecular flexibility index (Phi) is 9.43. The molecule has 0 radical (unpaired) electrons. The van der Waals surface area contributed by atoms with Crippen molar-refractivity contribution in [2.45, 2.75) is 38.6 Å². The van der Waals surface area contributed by atoms with E-state index in [4.69, 9.17) is 23.2 Å². The van der Waals surface area contributed by atoms with Crippen molar-refractivity contribution in [3.05, 3.63) is 69.2 Å². The Morgan fingerprint density at radius 2 is 1.62 bits per heavy atom. The van der Waals surface area contributed by atoms with Crippen LogP contribution in [0.2, 0.25) is 10.0 Å². The van der Waals surface area contributed by atoms with Gasteiger partial charge in [0.2, 0.25) is 0 Å². The van der Waals surface area contributed by atoms with E-state index in [9.17, 15) is 14.4 Å². The molecule has 0 fully saturated rings. The van der Waals surface area contributed by atoms with E-state index >= 15 is 0 Å². The second-order valence-corrected chi connectivity index (χ2v) is 10.0. The number of benzene rings is 2. The van der Waals surface area contributed by atoms with E-state index < -0.39 is 23.8 Å². The molecule has 2 aromatic carbocycles. The number of amides is 3. The highest BCUT2D eigenvalue weighted by atomic mass is 35.5. The van der Waals surface area contributed by atoms with Crippen LogP contribution in [-0.4, -0.2) is 35.8 Å². The zero-order chi connectivity index (χ0) is 23.9. The van der Waals surface area contributed by atoms with Gasteiger partial charge in [-0.25, -0.2) is 0 Å². The van der Waals surface area contributed by atoms with Crippen LogP contribution >= 0.6 is 35.0 Å². The first-order valence-corrected chi connectivity index (χ1v) is 12.1. The average molecular weight is 496 g/mol. The van der Waals surface area contributed by atoms with Crippen molar-refractivity contribution in [2.24, 2.45) is 0 Å². The third-order valence-electron chi connectivity index (χ3n) is 4.72. The molecule has 6 nitrogen and oxygen atoms in total. The molecule has 0 spiro atoms. The van der Waals surface area contributed by atoms with E-state index in [1.807, 2.05) is 18.4 Å². The summed E-state index contributed by atoms with van der Waals surface area (Å²) in [6, 6.07) is 10.8. The Morgan fingerprint density at radius 3 is 2.19 bits per heavy atom. The molecule has 9 heteroatoms. The molecule has 0 aromatic heterocycles. The number of nitrogens with one attached hydrogen (secondary N) is 3. The van der Waals surface area contributed by atoms with Crippen LogP contribution in [-0.2, 0) is 10.2 Å². The fraction of sp³-hybridized carbons (Fsp3) is 0.348. The van der Waals surface area contributed by atoms with Gasteiger partial charge in [-0.15, -0.1) is 0 Å². The van der Waals surface area contributed by atoms with E-state index in [1.165, 1.54) is 23.9 Å². The van der Waals surface area contributed by atoms with Gasteiger partial charge in [0.05, 0.1) is 10.6 Å². The lowest BCUT2D eigenvalue weighted by Crippen LogP contribution is -2.52. The topological polar surface area (TPSA) is 87.3 Å². The second-order valence-electron chi connectivity index (χ2n) is 8.20. The van der Waals surface area contributed by atoms with Crippen LogP contribution in [0.25, 0.3) is 0 Å². The average Bonchev–Trinajstić information content (AvgIpc) is 2.74. The lowest BCUT2D eigenvalue weighted by molar-refractivity contribution is -0.123. The Labute approximate surface area is 202 Å². The van der Waals surface area contributed by atoms with Crippen LogP contribution in [0, 0.1) is 0 Å². The maximum atomic E-state index is 12.7. The lowest BCUT2D eigenvalue weighted by Gasteiger charge is -2.20. The van der Waals surface area contributed by atoms with Crippen molar-refractivity contribution in [3.8, 4) is 0 Å². The Morgan fingerprint density at radius 1 is 0.969 bits per heavy atom. The minimum Gasteiger partial charge on any atom is -0.340 e. The van der Waals surface area contributed by atoms with Gasteiger partial charge in [0.1, 0.15) is 6.04 Å². The number of carbonyl (C=O) groups excluding carboxylic acids is 3. The number of thioether (sulfide) groups is 1. The van der Waals surface area contributed by atoms with E-state index in [0.717, 1.165) is 5.56 Å². The molecule has 0 saturated carbocycles. The van der Waals surface area contributed by atoms with Crippen molar-refractivity contribution in [1.82, 2.24) is 16.2 Å². The third kappa shape index (κ3) is 7.43. The summed E-state index contributed by atoms with van der Waals surface area (Å²) in [6.45, 7) is 6.26. The summed E-state index contributed by atoms with van der Waals surface area (Å²) in [5.41, 5.74) is 6.49. The molecular weight excluding hydrogens is 469 g/mol. The van der Waals surface area contributed by atoms with Gasteiger partial charge in [0.25, 0.3) is 17.7 Å². The van der Waals surface area contributed by atoms with Gasteiger partial charge in [-0.1, -0.05) is 56.1 Å². The number of halogens is 2. The van der Waals surface area contributed by atoms with E-state index in [0.29, 0.717) is 22.8 Å². The summed E-state index contributed by atoms with van der Waals surface area (Å²) in [6.07, 6.45) is 2.27. The molecule has 2 rings (SSSR count). The summed E-state index contributed by atoms with van der Waals surface area (Å²) in [7, 11) is 0. The van der Waals surface area contributed by atoms with Gasteiger partial charge in [0.15, 0.2) is 0 Å². The molecule has 3 amide bonds. The van der Waals surface area contributed by atoms with E-state index in [2.05, 4.69) is 36.9 Å². The van der Waals surface area contributed by atoms with E-state index in [1.54, 1.807) is 18.2 Å². The summed E-state index contributed by atoms with van der Waals surface area (Å²) in [4.78, 5) is 37.7. The molecule has 0 bridgehead atoms. The standard InChI is InChI=1S/C23H27Cl2N3O3S/c1-23(2,3)15-7-5-14(6-8-15)20(29)27-28-22(31)19(11-12-32-4)26-21(30)17-10-9-16(24)13-18(17)25/h5-10,13,19H,11-12H2,1-4H3,(H,26,30)(H,27,29)(H,28,31). The van der Waals surface area contributed by atoms with Crippen LogP contribution in [0.5, 0.6) is 0 Å². The predicted molar refractivity (Wildman–Crippen MR) is 131 cm³/mol. The molecule has 2 aromatic rings. The minimum absolute atomic E-state index is 0.0288. The van der Waals surface area contributed by atoms with Gasteiger partial charge < -0.3 is 5.32 Å². The largest absolute Gasteiger partial charge is 0.340 e. The van der Waals surface area contributed by atoms with Crippen molar-refractivity contribution < 1.29 is 14.4 Å². The van der Waals surface area contributed by atoms with Gasteiger partial charge in [-0.05, 0) is 59.7 Å². The van der Waals surface area contributed by atoms with Gasteiger partial charge in [-0.2, -0.15) is 11.8 Å². The number of hydrazine groups is 1. The molecule has 3 N–H and O–H groups in total. The first-order chi connectivity index (χ1) is 15.0. The summed E-state index contributed by atoms with van der Waals surface area (Å²) in [5, 5.41) is 3.26. The predicted octanol–water partition coefficient (Wildman–Crippen LogP) is 4.60. The summed E-state index contributed by atoms with van der Waals surface area (Å²) >= 11 is 13.5. The molecular formula is C23H27Cl2N3O3S. The summed E-state index contributed by atoms with van der Waals surface area (Å²) in [5.74, 6) is -0.849. The van der Waals surface area contributed by atoms with Crippen LogP contribution in [0.3, 0.4) is 0 Å². The second kappa shape index (κ2) is 11.6. The van der Waals surface area contributed by atoms with Crippen LogP contribution < -0.4 is 16.2 Å². The number of rotatable bonds is 7. The van der Waals surface area contributed by atoms with E-state index in [-0.39, 0.29) is 16.0 Å². The van der Waals surface area contributed by atoms with Crippen molar-refractivity contribution in [3.63, 3.8) is 0 Å². The van der Waals surface area contributed by atoms with Gasteiger partial charge >= 0.3 is 0 Å². The fourth-order valence-electron chi connectivity index (χ4n) is 2.81. The first-order valence-electron chi connectivity index (χ1n) is 9.98. The van der Waals surface area contributed by atoms with Crippen molar-refractivity contribution in [1.29, 1.82) is 0 Å². The maximum absolute atomic E-state index is 12.7. The highest BCUT2D eigenvalue weighted by Gasteiger charge is 2.23. The number of hydrogen-bond donors (Lipinski definition) is 3. The maximum Gasteiger partial charge on any atom is 0.269 e. The van der Waals surface area contributed by atoms with Crippen LogP contribution in [0.15, 0.2) is 42.5 Å². The number of hydrogen-bond acceptors (Lipinski definition) is 4. The zero-order valence-corrected chi connectivity index (χ0v) is 20.8. The van der Waals surface area contributed by atoms with Gasteiger partial charge in [-0.3, -0.25) is 25.2 Å². The van der Waals surface area contributed by atoms with Crippen LogP contribution in [0.1, 0.15) is 53.5 Å². The molecule has 0 aliphatic carbocycles. The van der Waals surface area contributed by atoms with Crippen molar-refractivity contribution in [2.75, 3.05) is 12.0 Å². The molecule has 0 saturated heterocycles. The third-order valence-corrected chi connectivity index (χ3v) is 5.91. The Bertz CT molecular complexity index is 975. The lowest BCUT2D eigenvalue weighted by atomic mass is 9.87. The first kappa shape index (κ1) is 26.0. The zero-order valence-electron chi connectivity index (χ0n) is 18.4. The SMILES string of the molecule is CSCCC(NC(=O)c1ccc(Cl)cc1Cl)C(=O)NNC(=O)c1ccc(C(C)(C)C)cc1. The molecule has 0 aliphatic rings. The van der Waals surface area contributed by atoms with Crippen molar-refractivity contribution >= 4 is 52.7 Å². The Balaban J connectivity index is 2.02. The molecule has 1 atom stereocenters. The quantitative estimate of drug-likeness (QED) is 0.489. The summed E-state index contributed by atoms with van der Waals surface area (Å²) < 4.78 is 0. The normalized spacial score (nSPS) is 12.1. The highest BCUT2D eigenvalue weighted by Crippen LogP contribution is 2.22. The molecule has 32 heavy (non-hydrogen) atoms. The number of carbonyl (C=O) groups is 3. The highest BCUT2D eigenvalue weighted by molar-refractivity contribution is 7.98. The van der Waals surface area contributed by atoms with Gasteiger partial charge in [0, 0.05) is 10.6 Å². The molecule has 1 unspecified atom stereocenters. The van der Waals surface area contributed by atoms with Crippen LogP contribution in [0.4, 0.5) is 0 Å². The molecule has 0 aliphatic heterocycles. The minimum atomic E-state index is -0.856. The smallest absolute Gasteiger partial charge is 0.269 e. The molecule has 0 heterocycles. The molecule has 172 valence electrons. The fourth-order valence-corrected chi connectivity index (χ4v) is 3.78.